The number of nitrogens with one attached hydrogen (secondary N) is 1. The lowest BCUT2D eigenvalue weighted by atomic mass is 10.1. The third-order valence-electron chi connectivity index (χ3n) is 2.38. The van der Waals surface area contributed by atoms with Gasteiger partial charge in [-0.2, -0.15) is 15.7 Å². The fourth-order valence-corrected chi connectivity index (χ4v) is 2.18. The Kier molecular flexibility index (Phi) is 3.49. The zero-order valence-corrected chi connectivity index (χ0v) is 10.00. The van der Waals surface area contributed by atoms with Gasteiger partial charge in [-0.25, -0.2) is 4.98 Å². The molecule has 17 heavy (non-hydrogen) atoms. The Morgan fingerprint density at radius 1 is 1.53 bits per heavy atom. The van der Waals surface area contributed by atoms with Crippen molar-refractivity contribution in [1.29, 1.82) is 0 Å². The Balaban J connectivity index is 2.07. The van der Waals surface area contributed by atoms with E-state index in [1.54, 1.807) is 11.3 Å². The molecule has 0 aliphatic rings. The van der Waals surface area contributed by atoms with Gasteiger partial charge in [0.2, 0.25) is 5.95 Å². The summed E-state index contributed by atoms with van der Waals surface area (Å²) in [7, 11) is 0. The summed E-state index contributed by atoms with van der Waals surface area (Å²) in [6.07, 6.45) is 1.28. The number of pyridine rings is 1. The van der Waals surface area contributed by atoms with Crippen LogP contribution in [0.25, 0.3) is 0 Å². The molecule has 0 radical (unpaired) electrons. The first kappa shape index (κ1) is 11.7. The van der Waals surface area contributed by atoms with Gasteiger partial charge in [0, 0.05) is 17.8 Å². The minimum atomic E-state index is -0.652. The Labute approximate surface area is 102 Å². The molecule has 5 heteroatoms. The van der Waals surface area contributed by atoms with E-state index in [1.165, 1.54) is 12.3 Å². The summed E-state index contributed by atoms with van der Waals surface area (Å²) in [5.74, 6) is -0.953. The van der Waals surface area contributed by atoms with E-state index in [-0.39, 0.29) is 17.5 Å². The first-order valence-electron chi connectivity index (χ1n) is 5.11. The minimum absolute atomic E-state index is 0.0926. The van der Waals surface area contributed by atoms with Crippen LogP contribution in [-0.2, 0) is 0 Å². The predicted octanol–water partition coefficient (Wildman–Crippen LogP) is 2.77. The highest BCUT2D eigenvalue weighted by Crippen LogP contribution is 2.16. The van der Waals surface area contributed by atoms with Gasteiger partial charge in [0.15, 0.2) is 0 Å². The van der Waals surface area contributed by atoms with Crippen LogP contribution in [0.15, 0.2) is 35.2 Å². The molecular formula is C12H11FN2OS. The molecule has 0 saturated carbocycles. The third kappa shape index (κ3) is 2.88. The molecule has 1 atom stereocenters. The highest BCUT2D eigenvalue weighted by atomic mass is 32.1. The molecule has 88 valence electrons. The summed E-state index contributed by atoms with van der Waals surface area (Å²) >= 11 is 1.57. The van der Waals surface area contributed by atoms with Gasteiger partial charge in [-0.15, -0.1) is 0 Å². The van der Waals surface area contributed by atoms with E-state index in [0.29, 0.717) is 0 Å². The second kappa shape index (κ2) is 5.05. The largest absolute Gasteiger partial charge is 0.345 e. The molecule has 1 unspecified atom stereocenters. The van der Waals surface area contributed by atoms with Gasteiger partial charge in [0.1, 0.15) is 0 Å². The molecule has 1 N–H and O–H groups in total. The van der Waals surface area contributed by atoms with Crippen LogP contribution < -0.4 is 5.32 Å². The van der Waals surface area contributed by atoms with Crippen LogP contribution in [0.2, 0.25) is 0 Å². The lowest BCUT2D eigenvalue weighted by molar-refractivity contribution is 0.0939. The summed E-state index contributed by atoms with van der Waals surface area (Å²) in [5, 5.41) is 6.72. The Hall–Kier alpha value is -1.75. The standard InChI is InChI=1S/C12H11FN2OS/c1-8(10-3-5-17-7-10)15-12(16)9-2-4-14-11(13)6-9/h2-8H,1H3,(H,15,16). The number of carbonyl (C=O) groups is 1. The van der Waals surface area contributed by atoms with Crippen LogP contribution in [0.1, 0.15) is 28.9 Å². The molecule has 0 saturated heterocycles. The predicted molar refractivity (Wildman–Crippen MR) is 64.4 cm³/mol. The van der Waals surface area contributed by atoms with Crippen LogP contribution in [-0.4, -0.2) is 10.9 Å². The van der Waals surface area contributed by atoms with Gasteiger partial charge in [0.25, 0.3) is 5.91 Å². The van der Waals surface area contributed by atoms with Gasteiger partial charge in [0.05, 0.1) is 6.04 Å². The van der Waals surface area contributed by atoms with E-state index in [0.717, 1.165) is 11.6 Å². The number of amides is 1. The van der Waals surface area contributed by atoms with Crippen LogP contribution in [0.3, 0.4) is 0 Å². The molecule has 0 fully saturated rings. The number of hydrogen-bond acceptors (Lipinski definition) is 3. The van der Waals surface area contributed by atoms with Crippen molar-refractivity contribution < 1.29 is 9.18 Å². The third-order valence-corrected chi connectivity index (χ3v) is 3.08. The number of thiophene rings is 1. The maximum atomic E-state index is 12.8. The molecule has 2 aromatic heterocycles. The van der Waals surface area contributed by atoms with Gasteiger partial charge in [-0.3, -0.25) is 4.79 Å². The van der Waals surface area contributed by atoms with Crippen molar-refractivity contribution in [3.63, 3.8) is 0 Å². The highest BCUT2D eigenvalue weighted by Gasteiger charge is 2.12. The summed E-state index contributed by atoms with van der Waals surface area (Å²) < 4.78 is 12.8. The fraction of sp³-hybridized carbons (Fsp3) is 0.167. The minimum Gasteiger partial charge on any atom is -0.345 e. The molecule has 2 rings (SSSR count). The van der Waals surface area contributed by atoms with E-state index in [9.17, 15) is 9.18 Å². The first-order chi connectivity index (χ1) is 8.16. The lowest BCUT2D eigenvalue weighted by Crippen LogP contribution is -2.26. The first-order valence-corrected chi connectivity index (χ1v) is 6.05. The van der Waals surface area contributed by atoms with E-state index in [4.69, 9.17) is 0 Å². The fourth-order valence-electron chi connectivity index (χ4n) is 1.43. The topological polar surface area (TPSA) is 42.0 Å². The molecule has 0 aliphatic carbocycles. The number of hydrogen-bond donors (Lipinski definition) is 1. The maximum Gasteiger partial charge on any atom is 0.251 e. The molecule has 0 aromatic carbocycles. The second-order valence-electron chi connectivity index (χ2n) is 3.62. The zero-order valence-electron chi connectivity index (χ0n) is 9.18. The van der Waals surface area contributed by atoms with Crippen LogP contribution in [0, 0.1) is 5.95 Å². The number of carbonyl (C=O) groups excluding carboxylic acids is 1. The Morgan fingerprint density at radius 2 is 2.35 bits per heavy atom. The average molecular weight is 250 g/mol. The number of rotatable bonds is 3. The highest BCUT2D eigenvalue weighted by molar-refractivity contribution is 7.07. The number of halogens is 1. The monoisotopic (exact) mass is 250 g/mol. The van der Waals surface area contributed by atoms with Crippen molar-refractivity contribution in [2.75, 3.05) is 0 Å². The van der Waals surface area contributed by atoms with Crippen molar-refractivity contribution in [3.8, 4) is 0 Å². The molecule has 3 nitrogen and oxygen atoms in total. The van der Waals surface area contributed by atoms with Crippen LogP contribution in [0.4, 0.5) is 4.39 Å². The van der Waals surface area contributed by atoms with Crippen molar-refractivity contribution >= 4 is 17.2 Å². The maximum absolute atomic E-state index is 12.8. The number of aromatic nitrogens is 1. The smallest absolute Gasteiger partial charge is 0.251 e. The van der Waals surface area contributed by atoms with Gasteiger partial charge in [-0.05, 0) is 35.4 Å². The summed E-state index contributed by atoms with van der Waals surface area (Å²) in [5.41, 5.74) is 1.32. The molecule has 0 spiro atoms. The van der Waals surface area contributed by atoms with Crippen molar-refractivity contribution in [2.24, 2.45) is 0 Å². The summed E-state index contributed by atoms with van der Waals surface area (Å²) in [4.78, 5) is 15.2. The van der Waals surface area contributed by atoms with E-state index in [1.807, 2.05) is 23.8 Å². The molecule has 2 heterocycles. The van der Waals surface area contributed by atoms with Crippen molar-refractivity contribution in [2.45, 2.75) is 13.0 Å². The Bertz CT molecular complexity index is 513. The average Bonchev–Trinajstić information content (AvgIpc) is 2.82. The summed E-state index contributed by atoms with van der Waals surface area (Å²) in [6, 6.07) is 4.46. The number of nitrogens with zero attached hydrogens (tertiary/aromatic N) is 1. The molecule has 2 aromatic rings. The quantitative estimate of drug-likeness (QED) is 0.851. The van der Waals surface area contributed by atoms with E-state index < -0.39 is 5.95 Å². The second-order valence-corrected chi connectivity index (χ2v) is 4.40. The zero-order chi connectivity index (χ0) is 12.3. The molecule has 0 bridgehead atoms. The summed E-state index contributed by atoms with van der Waals surface area (Å²) in [6.45, 7) is 1.89. The van der Waals surface area contributed by atoms with E-state index >= 15 is 0 Å². The van der Waals surface area contributed by atoms with Gasteiger partial charge >= 0.3 is 0 Å². The van der Waals surface area contributed by atoms with E-state index in [2.05, 4.69) is 10.3 Å². The molecule has 1 amide bonds. The normalized spacial score (nSPS) is 12.1. The van der Waals surface area contributed by atoms with Crippen molar-refractivity contribution in [3.05, 3.63) is 52.2 Å². The molecular weight excluding hydrogens is 239 g/mol. The van der Waals surface area contributed by atoms with Crippen molar-refractivity contribution in [1.82, 2.24) is 10.3 Å². The van der Waals surface area contributed by atoms with Gasteiger partial charge < -0.3 is 5.32 Å². The Morgan fingerprint density at radius 3 is 3.00 bits per heavy atom. The molecule has 0 aliphatic heterocycles. The lowest BCUT2D eigenvalue weighted by Gasteiger charge is -2.12. The van der Waals surface area contributed by atoms with Crippen LogP contribution >= 0.6 is 11.3 Å². The van der Waals surface area contributed by atoms with Crippen LogP contribution in [0.5, 0.6) is 0 Å². The SMILES string of the molecule is CC(NC(=O)c1ccnc(F)c1)c1ccsc1. The van der Waals surface area contributed by atoms with Gasteiger partial charge in [-0.1, -0.05) is 0 Å².